The summed E-state index contributed by atoms with van der Waals surface area (Å²) in [5.74, 6) is 0. The molecule has 1 rings (SSSR count). The van der Waals surface area contributed by atoms with E-state index in [1.165, 1.54) is 0 Å². The Labute approximate surface area is 67.8 Å². The average Bonchev–Trinajstić information content (AvgIpc) is 1.91. The molecule has 1 aromatic carbocycles. The molecule has 0 heterocycles. The molecule has 52 valence electrons. The summed E-state index contributed by atoms with van der Waals surface area (Å²) in [6.07, 6.45) is 0. The quantitative estimate of drug-likeness (QED) is 0.562. The molecule has 0 bridgehead atoms. The van der Waals surface area contributed by atoms with Crippen molar-refractivity contribution in [3.05, 3.63) is 36.1 Å². The Balaban J connectivity index is 0.000000236. The molecule has 0 aliphatic carbocycles. The first-order valence-electron chi connectivity index (χ1n) is 2.57. The van der Waals surface area contributed by atoms with Crippen LogP contribution < -0.4 is 0 Å². The van der Waals surface area contributed by atoms with Crippen molar-refractivity contribution in [3.8, 4) is 0 Å². The predicted octanol–water partition coefficient (Wildman–Crippen LogP) is 2.13. The summed E-state index contributed by atoms with van der Waals surface area (Å²) < 4.78 is 17.0. The average molecular weight is 172 g/mol. The molecular weight excluding hydrogens is 166 g/mol. The molecule has 0 amide bonds. The molecule has 0 spiro atoms. The van der Waals surface area contributed by atoms with Gasteiger partial charge in [0.25, 0.3) is 0 Å². The van der Waals surface area contributed by atoms with Gasteiger partial charge in [-0.3, -0.25) is 0 Å². The first-order chi connectivity index (χ1) is 4.81. The number of nitrogens with one attached hydrogen (secondary N) is 1. The van der Waals surface area contributed by atoms with Crippen LogP contribution in [0.4, 0.5) is 5.69 Å². The molecule has 1 N–H and O–H groups in total. The van der Waals surface area contributed by atoms with E-state index < -0.39 is 19.1 Å². The zero-order valence-electron chi connectivity index (χ0n) is 5.20. The van der Waals surface area contributed by atoms with Crippen LogP contribution >= 0.6 is 0 Å². The summed E-state index contributed by atoms with van der Waals surface area (Å²) in [5.41, 5.74) is 7.57. The molecule has 0 radical (unpaired) electrons. The van der Waals surface area contributed by atoms with E-state index in [2.05, 4.69) is 0 Å². The van der Waals surface area contributed by atoms with E-state index in [1.54, 1.807) is 12.1 Å². The monoisotopic (exact) mass is 172 g/mol. The molecule has 0 atom stereocenters. The van der Waals surface area contributed by atoms with Crippen LogP contribution in [0.2, 0.25) is 0 Å². The van der Waals surface area contributed by atoms with Crippen molar-refractivity contribution >= 4 is 5.69 Å². The van der Waals surface area contributed by atoms with Crippen LogP contribution in [-0.2, 0) is 25.7 Å². The molecule has 0 fully saturated rings. The summed E-state index contributed by atoms with van der Waals surface area (Å²) in [4.78, 5) is 0. The second-order valence-corrected chi connectivity index (χ2v) is 1.71. The number of hydrogen-bond acceptors (Lipinski definition) is 2. The van der Waals surface area contributed by atoms with Crippen LogP contribution in [-0.4, -0.2) is 0 Å². The van der Waals surface area contributed by atoms with Crippen molar-refractivity contribution in [2.75, 3.05) is 0 Å². The summed E-state index contributed by atoms with van der Waals surface area (Å²) in [5, 5.41) is 0. The molecule has 4 heteroatoms. The molecule has 0 aliphatic rings. The molecule has 0 aromatic heterocycles. The third kappa shape index (κ3) is 5.47. The maximum absolute atomic E-state index is 8.50. The second kappa shape index (κ2) is 6.45. The SMILES string of the molecule is [NH-]c1ccccc1.[O]=[Ti]=[O]. The van der Waals surface area contributed by atoms with Gasteiger partial charge in [0.1, 0.15) is 0 Å². The summed E-state index contributed by atoms with van der Waals surface area (Å²) in [6, 6.07) is 9.10. The van der Waals surface area contributed by atoms with E-state index in [9.17, 15) is 0 Å². The molecule has 1 aromatic rings. The van der Waals surface area contributed by atoms with Crippen molar-refractivity contribution in [2.45, 2.75) is 0 Å². The molecule has 0 unspecified atom stereocenters. The van der Waals surface area contributed by atoms with Gasteiger partial charge in [-0.1, -0.05) is 30.3 Å². The first-order valence-corrected chi connectivity index (χ1v) is 3.84. The summed E-state index contributed by atoms with van der Waals surface area (Å²) >= 11 is -2.00. The van der Waals surface area contributed by atoms with Crippen LogP contribution in [0, 0.1) is 0 Å². The topological polar surface area (TPSA) is 57.9 Å². The van der Waals surface area contributed by atoms with Crippen molar-refractivity contribution in [1.29, 1.82) is 0 Å². The summed E-state index contributed by atoms with van der Waals surface area (Å²) in [7, 11) is 0. The van der Waals surface area contributed by atoms with Gasteiger partial charge in [0.05, 0.1) is 0 Å². The molecule has 10 heavy (non-hydrogen) atoms. The van der Waals surface area contributed by atoms with Crippen LogP contribution in [0.15, 0.2) is 30.3 Å². The minimum atomic E-state index is -2.00. The number of benzene rings is 1. The van der Waals surface area contributed by atoms with E-state index in [-0.39, 0.29) is 0 Å². The second-order valence-electron chi connectivity index (χ2n) is 1.45. The fraction of sp³-hybridized carbons (Fsp3) is 0. The van der Waals surface area contributed by atoms with Gasteiger partial charge in [-0.2, -0.15) is 0 Å². The van der Waals surface area contributed by atoms with E-state index in [0.29, 0.717) is 5.69 Å². The standard InChI is InChI=1S/C6H6N.2O.Ti/c7-6-4-2-1-3-5-6;;;/h1-5,7H;;;/q-1;;;. The maximum atomic E-state index is 8.50. The Morgan fingerprint density at radius 3 is 1.70 bits per heavy atom. The van der Waals surface area contributed by atoms with E-state index in [1.807, 2.05) is 18.2 Å². The van der Waals surface area contributed by atoms with Gasteiger partial charge in [-0.15, -0.1) is 5.69 Å². The fourth-order valence-electron chi connectivity index (χ4n) is 0.438. The zero-order chi connectivity index (χ0) is 7.82. The third-order valence-corrected chi connectivity index (χ3v) is 0.774. The zero-order valence-corrected chi connectivity index (χ0v) is 6.76. The Bertz CT molecular complexity index is 206. The van der Waals surface area contributed by atoms with Gasteiger partial charge in [-0.05, 0) is 0 Å². The molecule has 3 nitrogen and oxygen atoms in total. The van der Waals surface area contributed by atoms with E-state index in [0.717, 1.165) is 0 Å². The molecule has 0 saturated carbocycles. The number of hydrogen-bond donors (Lipinski definition) is 0. The Morgan fingerprint density at radius 2 is 1.50 bits per heavy atom. The fourth-order valence-corrected chi connectivity index (χ4v) is 0.438. The van der Waals surface area contributed by atoms with Crippen LogP contribution in [0.5, 0.6) is 0 Å². The van der Waals surface area contributed by atoms with Gasteiger partial charge in [0.2, 0.25) is 0 Å². The van der Waals surface area contributed by atoms with Gasteiger partial charge < -0.3 is 5.73 Å². The van der Waals surface area contributed by atoms with E-state index in [4.69, 9.17) is 12.4 Å². The Morgan fingerprint density at radius 1 is 1.10 bits per heavy atom. The van der Waals surface area contributed by atoms with Crippen molar-refractivity contribution in [3.63, 3.8) is 0 Å². The molecular formula is C6H6NO2Ti-. The Hall–Kier alpha value is -0.666. The number of rotatable bonds is 0. The summed E-state index contributed by atoms with van der Waals surface area (Å²) in [6.45, 7) is 0. The van der Waals surface area contributed by atoms with Crippen molar-refractivity contribution < 1.29 is 25.7 Å². The van der Waals surface area contributed by atoms with Crippen molar-refractivity contribution in [1.82, 2.24) is 0 Å². The van der Waals surface area contributed by atoms with Gasteiger partial charge >= 0.3 is 25.7 Å². The van der Waals surface area contributed by atoms with Gasteiger partial charge in [0.15, 0.2) is 0 Å². The van der Waals surface area contributed by atoms with Crippen molar-refractivity contribution in [2.24, 2.45) is 0 Å². The normalized spacial score (nSPS) is 6.80. The predicted molar refractivity (Wildman–Crippen MR) is 31.8 cm³/mol. The van der Waals surface area contributed by atoms with Gasteiger partial charge in [-0.25, -0.2) is 0 Å². The van der Waals surface area contributed by atoms with Crippen LogP contribution in [0.3, 0.4) is 0 Å². The third-order valence-electron chi connectivity index (χ3n) is 0.774. The first kappa shape index (κ1) is 9.33. The molecule has 0 aliphatic heterocycles. The van der Waals surface area contributed by atoms with E-state index >= 15 is 0 Å². The van der Waals surface area contributed by atoms with Crippen LogP contribution in [0.1, 0.15) is 0 Å². The van der Waals surface area contributed by atoms with Crippen LogP contribution in [0.25, 0.3) is 5.73 Å². The Kier molecular flexibility index (Phi) is 6.02. The molecule has 0 saturated heterocycles. The van der Waals surface area contributed by atoms with Gasteiger partial charge in [0, 0.05) is 0 Å². The minimum absolute atomic E-state index is 0.572.